The topological polar surface area (TPSA) is 97.5 Å². The summed E-state index contributed by atoms with van der Waals surface area (Å²) >= 11 is 0.813. The molecule has 1 rings (SSSR count). The molecule has 1 aromatic heterocycles. The maximum atomic E-state index is 11.0. The lowest BCUT2D eigenvalue weighted by Crippen LogP contribution is -2.08. The smallest absolute Gasteiger partial charge is 0.339 e. The van der Waals surface area contributed by atoms with Crippen molar-refractivity contribution in [3.8, 4) is 0 Å². The largest absolute Gasteiger partial charge is 0.478 e. The summed E-state index contributed by atoms with van der Waals surface area (Å²) in [6.45, 7) is 1.13. The number of hydrogen-bond donors (Lipinski definition) is 1. The number of aliphatic carboxylic acids is 1. The van der Waals surface area contributed by atoms with Gasteiger partial charge in [-0.25, -0.2) is 4.79 Å². The van der Waals surface area contributed by atoms with E-state index in [1.165, 1.54) is 12.1 Å². The lowest BCUT2D eigenvalue weighted by atomic mass is 10.1. The van der Waals surface area contributed by atoms with Gasteiger partial charge in [0.1, 0.15) is 5.57 Å². The van der Waals surface area contributed by atoms with E-state index in [2.05, 4.69) is 0 Å². The van der Waals surface area contributed by atoms with Crippen LogP contribution >= 0.6 is 11.3 Å². The average molecular weight is 241 g/mol. The Hall–Kier alpha value is -2.02. The minimum Gasteiger partial charge on any atom is -0.478 e. The maximum Gasteiger partial charge on any atom is 0.339 e. The number of hydrogen-bond acceptors (Lipinski definition) is 5. The van der Waals surface area contributed by atoms with Gasteiger partial charge in [0.05, 0.1) is 4.92 Å². The van der Waals surface area contributed by atoms with Crippen molar-refractivity contribution < 1.29 is 19.6 Å². The van der Waals surface area contributed by atoms with Crippen LogP contribution < -0.4 is 0 Å². The maximum absolute atomic E-state index is 11.0. The summed E-state index contributed by atoms with van der Waals surface area (Å²) in [5.74, 6) is -1.94. The van der Waals surface area contributed by atoms with Gasteiger partial charge in [-0.1, -0.05) is 11.3 Å². The van der Waals surface area contributed by atoms with Gasteiger partial charge in [0, 0.05) is 10.9 Å². The highest BCUT2D eigenvalue weighted by molar-refractivity contribution is 7.16. The fourth-order valence-corrected chi connectivity index (χ4v) is 1.74. The number of carbonyl (C=O) groups excluding carboxylic acids is 1. The summed E-state index contributed by atoms with van der Waals surface area (Å²) in [5, 5.41) is 19.0. The average Bonchev–Trinajstić information content (AvgIpc) is 2.61. The van der Waals surface area contributed by atoms with Gasteiger partial charge in [-0.3, -0.25) is 14.9 Å². The van der Waals surface area contributed by atoms with E-state index in [9.17, 15) is 19.7 Å². The predicted octanol–water partition coefficient (Wildman–Crippen LogP) is 1.71. The Balaban J connectivity index is 3.09. The van der Waals surface area contributed by atoms with Crippen molar-refractivity contribution in [2.75, 3.05) is 0 Å². The SMILES string of the molecule is CC(=O)C(=Cc1ccc([N+](=O)[O-])s1)C(=O)O. The molecule has 0 saturated carbocycles. The molecule has 6 nitrogen and oxygen atoms in total. The second-order valence-electron chi connectivity index (χ2n) is 2.85. The van der Waals surface area contributed by atoms with Crippen molar-refractivity contribution in [1.82, 2.24) is 0 Å². The molecule has 0 spiro atoms. The zero-order valence-corrected chi connectivity index (χ0v) is 8.98. The number of nitrogens with zero attached hydrogens (tertiary/aromatic N) is 1. The van der Waals surface area contributed by atoms with E-state index in [-0.39, 0.29) is 5.00 Å². The standard InChI is InChI=1S/C9H7NO5S/c1-5(11)7(9(12)13)4-6-2-3-8(16-6)10(14)15/h2-4H,1H3,(H,12,13). The van der Waals surface area contributed by atoms with Crippen molar-refractivity contribution in [3.05, 3.63) is 32.7 Å². The monoisotopic (exact) mass is 241 g/mol. The van der Waals surface area contributed by atoms with Crippen LogP contribution in [-0.2, 0) is 9.59 Å². The zero-order chi connectivity index (χ0) is 12.3. The van der Waals surface area contributed by atoms with Crippen molar-refractivity contribution in [3.63, 3.8) is 0 Å². The minimum absolute atomic E-state index is 0.0976. The molecule has 1 aromatic rings. The quantitative estimate of drug-likeness (QED) is 0.284. The fourth-order valence-electron chi connectivity index (χ4n) is 0.974. The van der Waals surface area contributed by atoms with Crippen LogP contribution in [0.4, 0.5) is 5.00 Å². The van der Waals surface area contributed by atoms with Gasteiger partial charge >= 0.3 is 11.0 Å². The highest BCUT2D eigenvalue weighted by atomic mass is 32.1. The number of nitro groups is 1. The highest BCUT2D eigenvalue weighted by Crippen LogP contribution is 2.25. The molecular weight excluding hydrogens is 234 g/mol. The number of carboxylic acids is 1. The molecule has 0 aliphatic heterocycles. The van der Waals surface area contributed by atoms with Gasteiger partial charge in [-0.05, 0) is 19.1 Å². The van der Waals surface area contributed by atoms with Crippen LogP contribution in [0, 0.1) is 10.1 Å². The molecule has 0 amide bonds. The van der Waals surface area contributed by atoms with E-state index in [0.717, 1.165) is 24.3 Å². The van der Waals surface area contributed by atoms with Crippen LogP contribution in [0.25, 0.3) is 6.08 Å². The van der Waals surface area contributed by atoms with E-state index < -0.39 is 22.2 Å². The second kappa shape index (κ2) is 4.67. The summed E-state index contributed by atoms with van der Waals surface area (Å²) in [5.41, 5.74) is -0.392. The third-order valence-corrected chi connectivity index (χ3v) is 2.67. The van der Waals surface area contributed by atoms with E-state index in [1.807, 2.05) is 0 Å². The van der Waals surface area contributed by atoms with Crippen molar-refractivity contribution >= 4 is 34.2 Å². The highest BCUT2D eigenvalue weighted by Gasteiger charge is 2.15. The van der Waals surface area contributed by atoms with Crippen LogP contribution in [0.15, 0.2) is 17.7 Å². The number of thiophene rings is 1. The van der Waals surface area contributed by atoms with Gasteiger partial charge in [0.2, 0.25) is 0 Å². The van der Waals surface area contributed by atoms with Crippen molar-refractivity contribution in [2.24, 2.45) is 0 Å². The third-order valence-electron chi connectivity index (χ3n) is 1.69. The number of carboxylic acid groups (broad SMARTS) is 1. The summed E-state index contributed by atoms with van der Waals surface area (Å²) < 4.78 is 0. The van der Waals surface area contributed by atoms with Crippen LogP contribution in [0.5, 0.6) is 0 Å². The lowest BCUT2D eigenvalue weighted by molar-refractivity contribution is -0.380. The number of rotatable bonds is 4. The minimum atomic E-state index is -1.34. The number of carbonyl (C=O) groups is 2. The Bertz CT molecular complexity index is 472. The van der Waals surface area contributed by atoms with E-state index in [4.69, 9.17) is 5.11 Å². The lowest BCUT2D eigenvalue weighted by Gasteiger charge is -1.93. The molecule has 0 radical (unpaired) electrons. The molecular formula is C9H7NO5S. The Kier molecular flexibility index (Phi) is 3.51. The number of Topliss-reactive ketones (excluding diaryl/α,β-unsaturated/α-hetero) is 1. The first kappa shape index (κ1) is 12.1. The molecule has 7 heteroatoms. The number of ketones is 1. The first-order chi connectivity index (χ1) is 7.41. The molecule has 84 valence electrons. The van der Waals surface area contributed by atoms with E-state index in [1.54, 1.807) is 0 Å². The molecule has 0 fully saturated rings. The molecule has 1 heterocycles. The molecule has 0 unspecified atom stereocenters. The molecule has 0 aromatic carbocycles. The molecule has 16 heavy (non-hydrogen) atoms. The van der Waals surface area contributed by atoms with Crippen LogP contribution in [0.3, 0.4) is 0 Å². The summed E-state index contributed by atoms with van der Waals surface area (Å²) in [7, 11) is 0. The van der Waals surface area contributed by atoms with Gasteiger partial charge < -0.3 is 5.11 Å². The van der Waals surface area contributed by atoms with Crippen molar-refractivity contribution in [2.45, 2.75) is 6.92 Å². The summed E-state index contributed by atoms with van der Waals surface area (Å²) in [6.07, 6.45) is 1.13. The van der Waals surface area contributed by atoms with Gasteiger partial charge in [0.15, 0.2) is 5.78 Å². The normalized spacial score (nSPS) is 11.2. The van der Waals surface area contributed by atoms with Gasteiger partial charge in [-0.15, -0.1) is 0 Å². The first-order valence-electron chi connectivity index (χ1n) is 4.12. The molecule has 0 bridgehead atoms. The first-order valence-corrected chi connectivity index (χ1v) is 4.93. The van der Waals surface area contributed by atoms with Crippen LogP contribution in [0.1, 0.15) is 11.8 Å². The molecule has 0 atom stereocenters. The Morgan fingerprint density at radius 2 is 2.12 bits per heavy atom. The van der Waals surface area contributed by atoms with Gasteiger partial charge in [-0.2, -0.15) is 0 Å². The van der Waals surface area contributed by atoms with Crippen LogP contribution in [-0.4, -0.2) is 21.8 Å². The molecule has 0 aliphatic rings. The Labute approximate surface area is 94.0 Å². The predicted molar refractivity (Wildman–Crippen MR) is 57.3 cm³/mol. The summed E-state index contributed by atoms with van der Waals surface area (Å²) in [6, 6.07) is 2.66. The van der Waals surface area contributed by atoms with E-state index in [0.29, 0.717) is 4.88 Å². The third kappa shape index (κ3) is 2.74. The molecule has 1 N–H and O–H groups in total. The van der Waals surface area contributed by atoms with Gasteiger partial charge in [0.25, 0.3) is 0 Å². The molecule has 0 saturated heterocycles. The van der Waals surface area contributed by atoms with E-state index >= 15 is 0 Å². The summed E-state index contributed by atoms with van der Waals surface area (Å²) in [4.78, 5) is 31.8. The Morgan fingerprint density at radius 3 is 2.50 bits per heavy atom. The second-order valence-corrected chi connectivity index (χ2v) is 3.95. The fraction of sp³-hybridized carbons (Fsp3) is 0.111. The Morgan fingerprint density at radius 1 is 1.50 bits per heavy atom. The van der Waals surface area contributed by atoms with Crippen molar-refractivity contribution in [1.29, 1.82) is 0 Å². The zero-order valence-electron chi connectivity index (χ0n) is 8.17. The molecule has 0 aliphatic carbocycles. The van der Waals surface area contributed by atoms with Crippen LogP contribution in [0.2, 0.25) is 0 Å².